The molecule has 0 aromatic heterocycles. The number of urea groups is 1. The van der Waals surface area contributed by atoms with Crippen LogP contribution >= 0.6 is 27.5 Å². The van der Waals surface area contributed by atoms with Crippen molar-refractivity contribution >= 4 is 56.9 Å². The summed E-state index contributed by atoms with van der Waals surface area (Å²) < 4.78 is 6.38. The zero-order valence-corrected chi connectivity index (χ0v) is 19.2. The summed E-state index contributed by atoms with van der Waals surface area (Å²) in [5.41, 5.74) is 1.85. The monoisotopic (exact) mass is 527 g/mol. The fourth-order valence-electron chi connectivity index (χ4n) is 3.17. The van der Waals surface area contributed by atoms with E-state index in [1.807, 2.05) is 0 Å². The first kappa shape index (κ1) is 22.5. The van der Waals surface area contributed by atoms with Crippen LogP contribution in [0, 0.1) is 10.1 Å². The molecule has 0 radical (unpaired) electrons. The third-order valence-corrected chi connectivity index (χ3v) is 5.62. The van der Waals surface area contributed by atoms with Gasteiger partial charge in [0.1, 0.15) is 18.1 Å². The summed E-state index contributed by atoms with van der Waals surface area (Å²) in [6.07, 6.45) is 1.56. The van der Waals surface area contributed by atoms with Crippen LogP contribution in [0.25, 0.3) is 6.08 Å². The van der Waals surface area contributed by atoms with E-state index in [2.05, 4.69) is 21.2 Å². The highest BCUT2D eigenvalue weighted by molar-refractivity contribution is 9.10. The number of hydrogen-bond acceptors (Lipinski definition) is 5. The van der Waals surface area contributed by atoms with Gasteiger partial charge in [-0.1, -0.05) is 29.8 Å². The van der Waals surface area contributed by atoms with E-state index in [4.69, 9.17) is 16.3 Å². The Bertz CT molecular complexity index is 1290. The Hall–Kier alpha value is -3.69. The predicted molar refractivity (Wildman–Crippen MR) is 127 cm³/mol. The minimum absolute atomic E-state index is 0.00643. The van der Waals surface area contributed by atoms with Gasteiger partial charge in [0.15, 0.2) is 0 Å². The molecule has 0 spiro atoms. The summed E-state index contributed by atoms with van der Waals surface area (Å²) >= 11 is 9.31. The Balaban J connectivity index is 1.48. The van der Waals surface area contributed by atoms with Gasteiger partial charge >= 0.3 is 6.03 Å². The molecule has 1 aliphatic heterocycles. The number of imide groups is 1. The average Bonchev–Trinajstić information content (AvgIpc) is 3.07. The minimum atomic E-state index is -0.551. The van der Waals surface area contributed by atoms with E-state index in [0.29, 0.717) is 32.1 Å². The molecule has 166 valence electrons. The average molecular weight is 529 g/mol. The summed E-state index contributed by atoms with van der Waals surface area (Å²) in [5.74, 6) is 0.0395. The fourth-order valence-corrected chi connectivity index (χ4v) is 3.81. The van der Waals surface area contributed by atoms with Gasteiger partial charge in [-0.25, -0.2) is 9.69 Å². The zero-order chi connectivity index (χ0) is 23.5. The number of nitro benzene ring substituents is 1. The second-order valence-corrected chi connectivity index (χ2v) is 8.30. The normalized spacial score (nSPS) is 14.5. The molecule has 1 saturated heterocycles. The number of nitro groups is 1. The lowest BCUT2D eigenvalue weighted by Crippen LogP contribution is -2.30. The van der Waals surface area contributed by atoms with Crippen molar-refractivity contribution < 1.29 is 19.2 Å². The maximum Gasteiger partial charge on any atom is 0.333 e. The molecule has 0 bridgehead atoms. The highest BCUT2D eigenvalue weighted by Crippen LogP contribution is 2.29. The van der Waals surface area contributed by atoms with Crippen LogP contribution in [-0.4, -0.2) is 16.9 Å². The maximum absolute atomic E-state index is 12.7. The SMILES string of the molecule is O=C1N/C(=C/c2ccc(OCc3cccc([N+](=O)[O-])c3)c(Br)c2)C(=O)N1c1ccc(Cl)cc1. The number of amides is 3. The van der Waals surface area contributed by atoms with Crippen molar-refractivity contribution in [2.75, 3.05) is 4.90 Å². The lowest BCUT2D eigenvalue weighted by atomic mass is 10.1. The summed E-state index contributed by atoms with van der Waals surface area (Å²) in [6, 6.07) is 17.2. The van der Waals surface area contributed by atoms with Crippen molar-refractivity contribution in [2.45, 2.75) is 6.61 Å². The molecule has 3 aromatic carbocycles. The number of halogens is 2. The summed E-state index contributed by atoms with van der Waals surface area (Å²) in [7, 11) is 0. The van der Waals surface area contributed by atoms with Crippen LogP contribution in [-0.2, 0) is 11.4 Å². The lowest BCUT2D eigenvalue weighted by molar-refractivity contribution is -0.384. The molecule has 8 nitrogen and oxygen atoms in total. The standard InChI is InChI=1S/C23H15BrClN3O5/c24-19-11-14(4-9-21(19)33-13-15-2-1-3-18(10-15)28(31)32)12-20-22(29)27(23(30)26-20)17-7-5-16(25)6-8-17/h1-12H,13H2,(H,26,30)/b20-12+. The van der Waals surface area contributed by atoms with Gasteiger partial charge in [-0.15, -0.1) is 0 Å². The second-order valence-electron chi connectivity index (χ2n) is 7.01. The Morgan fingerprint density at radius 1 is 1.09 bits per heavy atom. The number of nitrogens with zero attached hydrogens (tertiary/aromatic N) is 2. The first-order chi connectivity index (χ1) is 15.8. The van der Waals surface area contributed by atoms with E-state index in [9.17, 15) is 19.7 Å². The number of non-ortho nitro benzene ring substituents is 1. The quantitative estimate of drug-likeness (QED) is 0.192. The van der Waals surface area contributed by atoms with Crippen LogP contribution < -0.4 is 15.0 Å². The first-order valence-electron chi connectivity index (χ1n) is 9.60. The molecule has 0 unspecified atom stereocenters. The predicted octanol–water partition coefficient (Wildman–Crippen LogP) is 5.69. The van der Waals surface area contributed by atoms with Crippen molar-refractivity contribution in [3.8, 4) is 5.75 Å². The minimum Gasteiger partial charge on any atom is -0.488 e. The van der Waals surface area contributed by atoms with Crippen molar-refractivity contribution in [1.82, 2.24) is 5.32 Å². The van der Waals surface area contributed by atoms with Crippen LogP contribution in [0.5, 0.6) is 5.75 Å². The molecule has 0 aliphatic carbocycles. The smallest absolute Gasteiger partial charge is 0.333 e. The third-order valence-electron chi connectivity index (χ3n) is 4.75. The Morgan fingerprint density at radius 2 is 1.85 bits per heavy atom. The third kappa shape index (κ3) is 5.05. The number of carbonyl (C=O) groups is 2. The Morgan fingerprint density at radius 3 is 2.55 bits per heavy atom. The summed E-state index contributed by atoms with van der Waals surface area (Å²) in [5, 5.41) is 14.0. The van der Waals surface area contributed by atoms with E-state index in [1.165, 1.54) is 12.1 Å². The van der Waals surface area contributed by atoms with Gasteiger partial charge in [0, 0.05) is 17.2 Å². The summed E-state index contributed by atoms with van der Waals surface area (Å²) in [4.78, 5) is 36.6. The number of carbonyl (C=O) groups excluding carboxylic acids is 2. The number of benzene rings is 3. The van der Waals surface area contributed by atoms with E-state index in [-0.39, 0.29) is 18.0 Å². The van der Waals surface area contributed by atoms with Crippen LogP contribution in [0.2, 0.25) is 5.02 Å². The summed E-state index contributed by atoms with van der Waals surface area (Å²) in [6.45, 7) is 0.144. The molecule has 3 amide bonds. The number of ether oxygens (including phenoxy) is 1. The van der Waals surface area contributed by atoms with Gasteiger partial charge in [0.25, 0.3) is 11.6 Å². The molecule has 1 aliphatic rings. The van der Waals surface area contributed by atoms with Gasteiger partial charge in [-0.2, -0.15) is 0 Å². The molecule has 4 rings (SSSR count). The second kappa shape index (κ2) is 9.43. The molecule has 33 heavy (non-hydrogen) atoms. The van der Waals surface area contributed by atoms with Gasteiger partial charge < -0.3 is 10.1 Å². The molecule has 0 saturated carbocycles. The molecule has 10 heteroatoms. The topological polar surface area (TPSA) is 102 Å². The van der Waals surface area contributed by atoms with Crippen molar-refractivity contribution in [2.24, 2.45) is 0 Å². The highest BCUT2D eigenvalue weighted by Gasteiger charge is 2.34. The number of hydrogen-bond donors (Lipinski definition) is 1. The van der Waals surface area contributed by atoms with Crippen LogP contribution in [0.4, 0.5) is 16.2 Å². The largest absolute Gasteiger partial charge is 0.488 e. The van der Waals surface area contributed by atoms with Gasteiger partial charge in [-0.05, 0) is 69.5 Å². The molecular weight excluding hydrogens is 514 g/mol. The molecule has 1 heterocycles. The van der Waals surface area contributed by atoms with Crippen molar-refractivity contribution in [3.63, 3.8) is 0 Å². The van der Waals surface area contributed by atoms with E-state index < -0.39 is 16.9 Å². The zero-order valence-electron chi connectivity index (χ0n) is 16.8. The number of nitrogens with one attached hydrogen (secondary N) is 1. The molecular formula is C23H15BrClN3O5. The van der Waals surface area contributed by atoms with Crippen LogP contribution in [0.3, 0.4) is 0 Å². The Labute approximate surface area is 201 Å². The van der Waals surface area contributed by atoms with E-state index in [1.54, 1.807) is 60.7 Å². The molecule has 1 fully saturated rings. The van der Waals surface area contributed by atoms with Gasteiger partial charge in [0.2, 0.25) is 0 Å². The van der Waals surface area contributed by atoms with Gasteiger partial charge in [0.05, 0.1) is 15.1 Å². The van der Waals surface area contributed by atoms with Crippen LogP contribution in [0.1, 0.15) is 11.1 Å². The van der Waals surface area contributed by atoms with Crippen molar-refractivity contribution in [3.05, 3.63) is 103 Å². The maximum atomic E-state index is 12.7. The molecule has 1 N–H and O–H groups in total. The first-order valence-corrected chi connectivity index (χ1v) is 10.8. The molecule has 0 atom stereocenters. The van der Waals surface area contributed by atoms with Crippen molar-refractivity contribution in [1.29, 1.82) is 0 Å². The fraction of sp³-hybridized carbons (Fsp3) is 0.0435. The van der Waals surface area contributed by atoms with E-state index >= 15 is 0 Å². The van der Waals surface area contributed by atoms with Gasteiger partial charge in [-0.3, -0.25) is 14.9 Å². The van der Waals surface area contributed by atoms with Crippen LogP contribution in [0.15, 0.2) is 76.9 Å². The lowest BCUT2D eigenvalue weighted by Gasteiger charge is -2.11. The molecule has 3 aromatic rings. The number of anilines is 1. The number of rotatable bonds is 6. The Kier molecular flexibility index (Phi) is 6.43. The highest BCUT2D eigenvalue weighted by atomic mass is 79.9. The van der Waals surface area contributed by atoms with E-state index in [0.717, 1.165) is 4.90 Å².